The SMILES string of the molecule is COc1ccc(-c2cnoc2-c2ccc(OC(C)C)cc2OCCCCN2CCOCC2)cc1. The first-order chi connectivity index (χ1) is 16.6. The van der Waals surface area contributed by atoms with Crippen LogP contribution < -0.4 is 14.2 Å². The Kier molecular flexibility index (Phi) is 8.44. The normalized spacial score (nSPS) is 14.4. The molecule has 3 aromatic rings. The molecular formula is C27H34N2O5. The molecule has 0 N–H and O–H groups in total. The highest BCUT2D eigenvalue weighted by molar-refractivity contribution is 5.82. The van der Waals surface area contributed by atoms with Crippen molar-refractivity contribution in [2.75, 3.05) is 46.6 Å². The molecule has 1 fully saturated rings. The molecule has 1 aliphatic rings. The highest BCUT2D eigenvalue weighted by atomic mass is 16.5. The molecule has 0 spiro atoms. The Balaban J connectivity index is 1.50. The first-order valence-electron chi connectivity index (χ1n) is 12.0. The molecule has 0 aliphatic carbocycles. The number of hydrogen-bond acceptors (Lipinski definition) is 7. The van der Waals surface area contributed by atoms with Crippen molar-refractivity contribution in [2.45, 2.75) is 32.8 Å². The maximum absolute atomic E-state index is 6.27. The van der Waals surface area contributed by atoms with Gasteiger partial charge in [-0.25, -0.2) is 0 Å². The minimum Gasteiger partial charge on any atom is -0.497 e. The number of morpholine rings is 1. The summed E-state index contributed by atoms with van der Waals surface area (Å²) in [7, 11) is 1.66. The molecule has 1 aliphatic heterocycles. The first-order valence-corrected chi connectivity index (χ1v) is 12.0. The molecule has 0 saturated carbocycles. The molecule has 1 aromatic heterocycles. The minimum absolute atomic E-state index is 0.0763. The average Bonchev–Trinajstić information content (AvgIpc) is 3.34. The van der Waals surface area contributed by atoms with Crippen LogP contribution in [0.3, 0.4) is 0 Å². The molecule has 182 valence electrons. The van der Waals surface area contributed by atoms with E-state index in [2.05, 4.69) is 10.1 Å². The van der Waals surface area contributed by atoms with Crippen LogP contribution in [0.1, 0.15) is 26.7 Å². The van der Waals surface area contributed by atoms with Gasteiger partial charge in [-0.15, -0.1) is 0 Å². The fourth-order valence-electron chi connectivity index (χ4n) is 4.01. The van der Waals surface area contributed by atoms with Gasteiger partial charge in [-0.1, -0.05) is 17.3 Å². The molecule has 2 heterocycles. The number of rotatable bonds is 11. The maximum Gasteiger partial charge on any atom is 0.178 e. The quantitative estimate of drug-likeness (QED) is 0.356. The first kappa shape index (κ1) is 24.1. The zero-order valence-electron chi connectivity index (χ0n) is 20.3. The topological polar surface area (TPSA) is 66.2 Å². The van der Waals surface area contributed by atoms with Crippen molar-refractivity contribution >= 4 is 0 Å². The summed E-state index contributed by atoms with van der Waals surface area (Å²) >= 11 is 0. The Morgan fingerprint density at radius 2 is 1.74 bits per heavy atom. The van der Waals surface area contributed by atoms with Gasteiger partial charge in [-0.05, 0) is 63.1 Å². The number of unbranched alkanes of at least 4 members (excludes halogenated alkanes) is 1. The second-order valence-corrected chi connectivity index (χ2v) is 8.63. The van der Waals surface area contributed by atoms with Gasteiger partial charge in [0.25, 0.3) is 0 Å². The van der Waals surface area contributed by atoms with Crippen LogP contribution in [0.5, 0.6) is 17.2 Å². The lowest BCUT2D eigenvalue weighted by Gasteiger charge is -2.26. The summed E-state index contributed by atoms with van der Waals surface area (Å²) in [5.41, 5.74) is 2.75. The molecule has 0 bridgehead atoms. The highest BCUT2D eigenvalue weighted by Crippen LogP contribution is 2.39. The van der Waals surface area contributed by atoms with Gasteiger partial charge in [0.05, 0.1) is 44.8 Å². The Hall–Kier alpha value is -3.03. The second kappa shape index (κ2) is 11.9. The van der Waals surface area contributed by atoms with Gasteiger partial charge >= 0.3 is 0 Å². The standard InChI is InChI=1S/C27H34N2O5/c1-20(2)33-23-10-11-24(26(18-23)32-15-5-4-12-29-13-16-31-17-14-29)27-25(19-28-34-27)21-6-8-22(30-3)9-7-21/h6-11,18-20H,4-5,12-17H2,1-3H3. The zero-order chi connectivity index (χ0) is 23.8. The summed E-state index contributed by atoms with van der Waals surface area (Å²) in [4.78, 5) is 2.45. The average molecular weight is 467 g/mol. The fourth-order valence-corrected chi connectivity index (χ4v) is 4.01. The van der Waals surface area contributed by atoms with Crippen LogP contribution in [0.15, 0.2) is 53.2 Å². The Labute approximate surface area is 201 Å². The number of methoxy groups -OCH3 is 1. The van der Waals surface area contributed by atoms with Gasteiger partial charge in [-0.3, -0.25) is 4.90 Å². The van der Waals surface area contributed by atoms with Crippen LogP contribution in [0, 0.1) is 0 Å². The molecule has 7 nitrogen and oxygen atoms in total. The summed E-state index contributed by atoms with van der Waals surface area (Å²) in [5, 5.41) is 4.08. The van der Waals surface area contributed by atoms with E-state index in [-0.39, 0.29) is 6.10 Å². The summed E-state index contributed by atoms with van der Waals surface area (Å²) < 4.78 is 28.6. The van der Waals surface area contributed by atoms with Crippen molar-refractivity contribution in [1.29, 1.82) is 0 Å². The summed E-state index contributed by atoms with van der Waals surface area (Å²) in [6, 6.07) is 13.7. The summed E-state index contributed by atoms with van der Waals surface area (Å²) in [5.74, 6) is 2.98. The van der Waals surface area contributed by atoms with Gasteiger partial charge in [-0.2, -0.15) is 0 Å². The summed E-state index contributed by atoms with van der Waals surface area (Å²) in [6.07, 6.45) is 3.86. The second-order valence-electron chi connectivity index (χ2n) is 8.63. The van der Waals surface area contributed by atoms with Crippen molar-refractivity contribution in [3.05, 3.63) is 48.7 Å². The molecule has 0 radical (unpaired) electrons. The lowest BCUT2D eigenvalue weighted by molar-refractivity contribution is 0.0368. The van der Waals surface area contributed by atoms with E-state index in [1.54, 1.807) is 13.3 Å². The predicted octanol–water partition coefficient (Wildman–Crippen LogP) is 5.30. The largest absolute Gasteiger partial charge is 0.497 e. The lowest BCUT2D eigenvalue weighted by atomic mass is 10.0. The molecule has 2 aromatic carbocycles. The lowest BCUT2D eigenvalue weighted by Crippen LogP contribution is -2.36. The number of hydrogen-bond donors (Lipinski definition) is 0. The van der Waals surface area contributed by atoms with E-state index in [0.717, 1.165) is 79.6 Å². The fraction of sp³-hybridized carbons (Fsp3) is 0.444. The number of ether oxygens (including phenoxy) is 4. The molecular weight excluding hydrogens is 432 g/mol. The van der Waals surface area contributed by atoms with E-state index in [0.29, 0.717) is 12.4 Å². The minimum atomic E-state index is 0.0763. The van der Waals surface area contributed by atoms with Gasteiger partial charge in [0, 0.05) is 24.7 Å². The van der Waals surface area contributed by atoms with Crippen LogP contribution in [-0.2, 0) is 4.74 Å². The number of benzene rings is 2. The molecule has 34 heavy (non-hydrogen) atoms. The smallest absolute Gasteiger partial charge is 0.178 e. The van der Waals surface area contributed by atoms with Crippen molar-refractivity contribution in [1.82, 2.24) is 10.1 Å². The van der Waals surface area contributed by atoms with E-state index in [4.69, 9.17) is 23.5 Å². The van der Waals surface area contributed by atoms with Crippen LogP contribution >= 0.6 is 0 Å². The van der Waals surface area contributed by atoms with Crippen LogP contribution in [0.4, 0.5) is 0 Å². The van der Waals surface area contributed by atoms with Crippen molar-refractivity contribution in [2.24, 2.45) is 0 Å². The maximum atomic E-state index is 6.27. The Morgan fingerprint density at radius 1 is 0.971 bits per heavy atom. The number of aromatic nitrogens is 1. The van der Waals surface area contributed by atoms with Crippen LogP contribution in [0.25, 0.3) is 22.5 Å². The third-order valence-corrected chi connectivity index (χ3v) is 5.77. The van der Waals surface area contributed by atoms with E-state index in [1.807, 2.05) is 56.3 Å². The molecule has 1 saturated heterocycles. The Morgan fingerprint density at radius 3 is 2.47 bits per heavy atom. The molecule has 4 rings (SSSR count). The van der Waals surface area contributed by atoms with Gasteiger partial charge in [0.15, 0.2) is 5.76 Å². The van der Waals surface area contributed by atoms with E-state index < -0.39 is 0 Å². The molecule has 0 atom stereocenters. The van der Waals surface area contributed by atoms with Crippen molar-refractivity contribution in [3.63, 3.8) is 0 Å². The Bertz CT molecular complexity index is 1030. The van der Waals surface area contributed by atoms with Gasteiger partial charge in [0.2, 0.25) is 0 Å². The van der Waals surface area contributed by atoms with Gasteiger partial charge < -0.3 is 23.5 Å². The zero-order valence-corrected chi connectivity index (χ0v) is 20.3. The van der Waals surface area contributed by atoms with Crippen LogP contribution in [0.2, 0.25) is 0 Å². The van der Waals surface area contributed by atoms with Crippen molar-refractivity contribution < 1.29 is 23.5 Å². The van der Waals surface area contributed by atoms with Crippen LogP contribution in [-0.4, -0.2) is 62.7 Å². The van der Waals surface area contributed by atoms with E-state index in [1.165, 1.54) is 0 Å². The predicted molar refractivity (Wildman–Crippen MR) is 132 cm³/mol. The third-order valence-electron chi connectivity index (χ3n) is 5.77. The highest BCUT2D eigenvalue weighted by Gasteiger charge is 2.19. The summed E-state index contributed by atoms with van der Waals surface area (Å²) in [6.45, 7) is 9.40. The molecule has 0 amide bonds. The molecule has 7 heteroatoms. The van der Waals surface area contributed by atoms with Gasteiger partial charge in [0.1, 0.15) is 17.2 Å². The monoisotopic (exact) mass is 466 g/mol. The van der Waals surface area contributed by atoms with Crippen molar-refractivity contribution in [3.8, 4) is 39.7 Å². The third kappa shape index (κ3) is 6.30. The van der Waals surface area contributed by atoms with E-state index >= 15 is 0 Å². The molecule has 0 unspecified atom stereocenters. The van der Waals surface area contributed by atoms with E-state index in [9.17, 15) is 0 Å². The number of nitrogens with zero attached hydrogens (tertiary/aromatic N) is 2.